The Hall–Kier alpha value is -3.22. The first-order valence-corrected chi connectivity index (χ1v) is 9.73. The molecule has 174 valence electrons. The van der Waals surface area contributed by atoms with Crippen molar-refractivity contribution in [3.05, 3.63) is 0 Å². The van der Waals surface area contributed by atoms with E-state index in [1.807, 2.05) is 0 Å². The molecule has 0 spiro atoms. The van der Waals surface area contributed by atoms with Crippen LogP contribution in [-0.2, 0) is 28.8 Å². The van der Waals surface area contributed by atoms with Gasteiger partial charge >= 0.3 is 17.9 Å². The Morgan fingerprint density at radius 3 is 1.90 bits per heavy atom. The minimum absolute atomic E-state index is 0.532. The van der Waals surface area contributed by atoms with Crippen LogP contribution in [0, 0.1) is 5.92 Å². The van der Waals surface area contributed by atoms with E-state index < -0.39 is 78.6 Å². The summed E-state index contributed by atoms with van der Waals surface area (Å²) in [5.41, 5.74) is 0. The number of amides is 3. The molecule has 31 heavy (non-hydrogen) atoms. The summed E-state index contributed by atoms with van der Waals surface area (Å²) in [6.45, 7) is 3.71. The number of hydrogen-bond acceptors (Lipinski definition) is 7. The largest absolute Gasteiger partial charge is 0.481 e. The number of carboxylic acids is 3. The average Bonchev–Trinajstić information content (AvgIpc) is 3.18. The van der Waals surface area contributed by atoms with E-state index in [-0.39, 0.29) is 0 Å². The van der Waals surface area contributed by atoms with Gasteiger partial charge in [0.15, 0.2) is 0 Å². The summed E-state index contributed by atoms with van der Waals surface area (Å²) in [5, 5.41) is 36.6. The molecule has 0 bridgehead atoms. The van der Waals surface area contributed by atoms with Gasteiger partial charge in [-0.2, -0.15) is 0 Å². The molecule has 4 atom stereocenters. The zero-order valence-corrected chi connectivity index (χ0v) is 17.2. The highest BCUT2D eigenvalue weighted by atomic mass is 16.4. The third-order valence-corrected chi connectivity index (χ3v) is 4.63. The molecule has 0 aromatic carbocycles. The lowest BCUT2D eigenvalue weighted by atomic mass is 10.0. The number of aliphatic carboxylic acids is 3. The van der Waals surface area contributed by atoms with Gasteiger partial charge < -0.3 is 36.6 Å². The number of rotatable bonds is 12. The maximum Gasteiger partial charge on any atom is 0.326 e. The molecule has 4 unspecified atom stereocenters. The van der Waals surface area contributed by atoms with Crippen molar-refractivity contribution < 1.29 is 44.1 Å². The van der Waals surface area contributed by atoms with Gasteiger partial charge in [-0.3, -0.25) is 24.0 Å². The van der Waals surface area contributed by atoms with Gasteiger partial charge in [-0.25, -0.2) is 4.79 Å². The van der Waals surface area contributed by atoms with Crippen molar-refractivity contribution in [1.82, 2.24) is 21.3 Å². The first-order valence-electron chi connectivity index (χ1n) is 9.73. The highest BCUT2D eigenvalue weighted by Gasteiger charge is 2.34. The third kappa shape index (κ3) is 8.58. The van der Waals surface area contributed by atoms with E-state index in [9.17, 15) is 28.8 Å². The lowest BCUT2D eigenvalue weighted by Crippen LogP contribution is -2.58. The van der Waals surface area contributed by atoms with E-state index in [0.29, 0.717) is 13.0 Å². The molecule has 3 amide bonds. The predicted octanol–water partition coefficient (Wildman–Crippen LogP) is -2.12. The maximum absolute atomic E-state index is 12.6. The molecule has 0 saturated carbocycles. The molecular formula is C18H28N4O9. The average molecular weight is 444 g/mol. The molecule has 1 heterocycles. The van der Waals surface area contributed by atoms with Crippen molar-refractivity contribution in [2.24, 2.45) is 5.92 Å². The number of carbonyl (C=O) groups is 6. The SMILES string of the molecule is CC(C)C(NC(=O)C(CC(=O)O)NC(=O)C1CCCN1)C(=O)NC(CC(=O)O)C(=O)O. The van der Waals surface area contributed by atoms with Crippen molar-refractivity contribution in [2.75, 3.05) is 6.54 Å². The van der Waals surface area contributed by atoms with Gasteiger partial charge in [-0.15, -0.1) is 0 Å². The smallest absolute Gasteiger partial charge is 0.326 e. The molecule has 13 heteroatoms. The van der Waals surface area contributed by atoms with E-state index in [1.54, 1.807) is 13.8 Å². The molecule has 0 aromatic rings. The summed E-state index contributed by atoms with van der Waals surface area (Å²) in [6.07, 6.45) is -0.311. The molecule has 0 aromatic heterocycles. The Labute approximate surface area is 177 Å². The second-order valence-corrected chi connectivity index (χ2v) is 7.54. The molecule has 1 aliphatic heterocycles. The quantitative estimate of drug-likeness (QED) is 0.174. The summed E-state index contributed by atoms with van der Waals surface area (Å²) >= 11 is 0. The van der Waals surface area contributed by atoms with Gasteiger partial charge in [0.25, 0.3) is 0 Å². The predicted molar refractivity (Wildman–Crippen MR) is 104 cm³/mol. The van der Waals surface area contributed by atoms with Crippen LogP contribution in [0.25, 0.3) is 0 Å². The fourth-order valence-corrected chi connectivity index (χ4v) is 2.99. The normalized spacial score (nSPS) is 18.5. The maximum atomic E-state index is 12.6. The summed E-state index contributed by atoms with van der Waals surface area (Å²) in [4.78, 5) is 70.5. The number of hydrogen-bond donors (Lipinski definition) is 7. The molecule has 7 N–H and O–H groups in total. The van der Waals surface area contributed by atoms with Crippen LogP contribution in [0.15, 0.2) is 0 Å². The molecule has 0 aliphatic carbocycles. The summed E-state index contributed by atoms with van der Waals surface area (Å²) in [5.74, 6) is -7.34. The summed E-state index contributed by atoms with van der Waals surface area (Å²) in [7, 11) is 0. The second-order valence-electron chi connectivity index (χ2n) is 7.54. The van der Waals surface area contributed by atoms with Crippen LogP contribution < -0.4 is 21.3 Å². The van der Waals surface area contributed by atoms with Gasteiger partial charge in [0.1, 0.15) is 18.1 Å². The lowest BCUT2D eigenvalue weighted by Gasteiger charge is -2.26. The van der Waals surface area contributed by atoms with Gasteiger partial charge in [-0.1, -0.05) is 13.8 Å². The first kappa shape index (κ1) is 25.8. The molecular weight excluding hydrogens is 416 g/mol. The highest BCUT2D eigenvalue weighted by molar-refractivity contribution is 5.96. The molecule has 1 rings (SSSR count). The van der Waals surface area contributed by atoms with E-state index in [4.69, 9.17) is 15.3 Å². The molecule has 1 aliphatic rings. The van der Waals surface area contributed by atoms with Crippen molar-refractivity contribution in [2.45, 2.75) is 63.7 Å². The molecule has 1 fully saturated rings. The molecule has 13 nitrogen and oxygen atoms in total. The topological polar surface area (TPSA) is 211 Å². The van der Waals surface area contributed by atoms with Gasteiger partial charge in [-0.05, 0) is 25.3 Å². The highest BCUT2D eigenvalue weighted by Crippen LogP contribution is 2.08. The van der Waals surface area contributed by atoms with Crippen LogP contribution in [0.5, 0.6) is 0 Å². The molecule has 0 radical (unpaired) electrons. The monoisotopic (exact) mass is 444 g/mol. The van der Waals surface area contributed by atoms with E-state index >= 15 is 0 Å². The Morgan fingerprint density at radius 1 is 0.871 bits per heavy atom. The Morgan fingerprint density at radius 2 is 1.45 bits per heavy atom. The lowest BCUT2D eigenvalue weighted by molar-refractivity contribution is -0.147. The second kappa shape index (κ2) is 11.8. The summed E-state index contributed by atoms with van der Waals surface area (Å²) < 4.78 is 0. The first-order chi connectivity index (χ1) is 14.4. The van der Waals surface area contributed by atoms with E-state index in [1.165, 1.54) is 0 Å². The number of carbonyl (C=O) groups excluding carboxylic acids is 3. The van der Waals surface area contributed by atoms with Gasteiger partial charge in [0, 0.05) is 0 Å². The van der Waals surface area contributed by atoms with Crippen molar-refractivity contribution in [3.8, 4) is 0 Å². The van der Waals surface area contributed by atoms with Crippen LogP contribution in [0.3, 0.4) is 0 Å². The van der Waals surface area contributed by atoms with Gasteiger partial charge in [0.05, 0.1) is 18.9 Å². The molecule has 1 saturated heterocycles. The van der Waals surface area contributed by atoms with E-state index in [0.717, 1.165) is 6.42 Å². The van der Waals surface area contributed by atoms with Gasteiger partial charge in [0.2, 0.25) is 17.7 Å². The fourth-order valence-electron chi connectivity index (χ4n) is 2.99. The summed E-state index contributed by atoms with van der Waals surface area (Å²) in [6, 6.07) is -5.02. The van der Waals surface area contributed by atoms with Crippen molar-refractivity contribution >= 4 is 35.6 Å². The van der Waals surface area contributed by atoms with Crippen LogP contribution in [0.2, 0.25) is 0 Å². The third-order valence-electron chi connectivity index (χ3n) is 4.63. The number of nitrogens with one attached hydrogen (secondary N) is 4. The van der Waals surface area contributed by atoms with Crippen LogP contribution in [0.1, 0.15) is 39.5 Å². The van der Waals surface area contributed by atoms with Crippen LogP contribution >= 0.6 is 0 Å². The van der Waals surface area contributed by atoms with Crippen LogP contribution in [-0.4, -0.2) is 81.7 Å². The zero-order valence-electron chi connectivity index (χ0n) is 17.2. The minimum Gasteiger partial charge on any atom is -0.481 e. The standard InChI is InChI=1S/C18H28N4O9/c1-8(2)14(17(29)21-11(18(30)31)7-13(25)26)22-16(28)10(6-12(23)24)20-15(27)9-4-3-5-19-9/h8-11,14,19H,3-7H2,1-2H3,(H,20,27)(H,21,29)(H,22,28)(H,23,24)(H,25,26)(H,30,31). The number of carboxylic acid groups (broad SMARTS) is 3. The zero-order chi connectivity index (χ0) is 23.7. The van der Waals surface area contributed by atoms with Crippen molar-refractivity contribution in [1.29, 1.82) is 0 Å². The van der Waals surface area contributed by atoms with E-state index in [2.05, 4.69) is 21.3 Å². The Kier molecular flexibility index (Phi) is 9.86. The van der Waals surface area contributed by atoms with Crippen molar-refractivity contribution in [3.63, 3.8) is 0 Å². The minimum atomic E-state index is -1.72. The van der Waals surface area contributed by atoms with Crippen LogP contribution in [0.4, 0.5) is 0 Å². The Balaban J connectivity index is 2.90. The Bertz CT molecular complexity index is 719. The fraction of sp³-hybridized carbons (Fsp3) is 0.667.